The summed E-state index contributed by atoms with van der Waals surface area (Å²) in [7, 11) is 0. The van der Waals surface area contributed by atoms with E-state index in [9.17, 15) is 0 Å². The number of hydrogen-bond donors (Lipinski definition) is 0. The zero-order valence-electron chi connectivity index (χ0n) is 17.1. The first-order valence-corrected chi connectivity index (χ1v) is 11.6. The first-order valence-electron chi connectivity index (χ1n) is 11.6. The molecule has 0 heteroatoms. The standard InChI is InChI=1S/C25H44/c1-3-5-7-11-23-18-20-25(21-19-23)13-9-8-12-24-16-14-22(15-17-24)10-6-4-2/h4,8-9,22-25H,2-3,5-7,10-21H2,1H3/b9-8-/t22-,23-,24-,25-. The van der Waals surface area contributed by atoms with Gasteiger partial charge in [0.05, 0.1) is 0 Å². The second-order valence-electron chi connectivity index (χ2n) is 9.08. The molecule has 0 nitrogen and oxygen atoms in total. The minimum absolute atomic E-state index is 0.977. The Kier molecular flexibility index (Phi) is 10.6. The van der Waals surface area contributed by atoms with Gasteiger partial charge in [0.1, 0.15) is 0 Å². The third-order valence-electron chi connectivity index (χ3n) is 7.03. The minimum atomic E-state index is 0.977. The lowest BCUT2D eigenvalue weighted by molar-refractivity contribution is 0.258. The molecule has 0 amide bonds. The van der Waals surface area contributed by atoms with Crippen molar-refractivity contribution in [2.75, 3.05) is 0 Å². The monoisotopic (exact) mass is 344 g/mol. The van der Waals surface area contributed by atoms with E-state index >= 15 is 0 Å². The van der Waals surface area contributed by atoms with Crippen LogP contribution < -0.4 is 0 Å². The molecule has 0 saturated heterocycles. The summed E-state index contributed by atoms with van der Waals surface area (Å²) >= 11 is 0. The normalized spacial score (nSPS) is 30.6. The van der Waals surface area contributed by atoms with E-state index in [0.29, 0.717) is 0 Å². The highest BCUT2D eigenvalue weighted by atomic mass is 14.3. The molecule has 0 radical (unpaired) electrons. The lowest BCUT2D eigenvalue weighted by Gasteiger charge is -2.28. The van der Waals surface area contributed by atoms with E-state index in [1.54, 1.807) is 0 Å². The van der Waals surface area contributed by atoms with Crippen LogP contribution in [0.4, 0.5) is 0 Å². The van der Waals surface area contributed by atoms with Gasteiger partial charge in [-0.15, -0.1) is 6.58 Å². The van der Waals surface area contributed by atoms with Crippen LogP contribution in [0.5, 0.6) is 0 Å². The molecule has 0 unspecified atom stereocenters. The molecule has 0 aromatic heterocycles. The SMILES string of the molecule is C=CCC[C@H]1CC[C@H](C/C=C\C[C@H]2CC[C@H](CCCCC)CC2)CC1. The Labute approximate surface area is 158 Å². The van der Waals surface area contributed by atoms with Gasteiger partial charge in [0, 0.05) is 0 Å². The highest BCUT2D eigenvalue weighted by Gasteiger charge is 2.21. The van der Waals surface area contributed by atoms with Crippen LogP contribution in [-0.2, 0) is 0 Å². The van der Waals surface area contributed by atoms with Crippen LogP contribution in [0, 0.1) is 23.7 Å². The summed E-state index contributed by atoms with van der Waals surface area (Å²) in [6, 6.07) is 0. The molecule has 0 heterocycles. The molecule has 25 heavy (non-hydrogen) atoms. The summed E-state index contributed by atoms with van der Waals surface area (Å²) < 4.78 is 0. The lowest BCUT2D eigenvalue weighted by atomic mass is 9.78. The number of allylic oxidation sites excluding steroid dienone is 3. The van der Waals surface area contributed by atoms with E-state index in [-0.39, 0.29) is 0 Å². The van der Waals surface area contributed by atoms with E-state index in [1.165, 1.54) is 103 Å². The van der Waals surface area contributed by atoms with Gasteiger partial charge in [0.25, 0.3) is 0 Å². The second-order valence-corrected chi connectivity index (χ2v) is 9.08. The van der Waals surface area contributed by atoms with Gasteiger partial charge in [0.15, 0.2) is 0 Å². The van der Waals surface area contributed by atoms with E-state index in [2.05, 4.69) is 31.7 Å². The average Bonchev–Trinajstić information content (AvgIpc) is 2.66. The van der Waals surface area contributed by atoms with Gasteiger partial charge >= 0.3 is 0 Å². The van der Waals surface area contributed by atoms with E-state index in [1.807, 2.05) is 0 Å². The number of unbranched alkanes of at least 4 members (excludes halogenated alkanes) is 2. The van der Waals surface area contributed by atoms with Crippen LogP contribution in [0.1, 0.15) is 110 Å². The molecule has 0 N–H and O–H groups in total. The van der Waals surface area contributed by atoms with Gasteiger partial charge < -0.3 is 0 Å². The van der Waals surface area contributed by atoms with E-state index in [4.69, 9.17) is 0 Å². The zero-order valence-corrected chi connectivity index (χ0v) is 17.1. The number of hydrogen-bond acceptors (Lipinski definition) is 0. The quantitative estimate of drug-likeness (QED) is 0.260. The van der Waals surface area contributed by atoms with Crippen LogP contribution in [0.3, 0.4) is 0 Å². The molecule has 2 aliphatic rings. The summed E-state index contributed by atoms with van der Waals surface area (Å²) in [6.07, 6.45) is 30.1. The highest BCUT2D eigenvalue weighted by Crippen LogP contribution is 2.35. The van der Waals surface area contributed by atoms with Crippen molar-refractivity contribution in [2.24, 2.45) is 23.7 Å². The number of rotatable bonds is 11. The van der Waals surface area contributed by atoms with E-state index in [0.717, 1.165) is 23.7 Å². The predicted molar refractivity (Wildman–Crippen MR) is 113 cm³/mol. The summed E-state index contributed by atoms with van der Waals surface area (Å²) in [5.74, 6) is 4.02. The molecular weight excluding hydrogens is 300 g/mol. The first-order chi connectivity index (χ1) is 12.3. The fraction of sp³-hybridized carbons (Fsp3) is 0.840. The Morgan fingerprint density at radius 3 is 1.64 bits per heavy atom. The zero-order chi connectivity index (χ0) is 17.7. The van der Waals surface area contributed by atoms with Crippen LogP contribution in [0.2, 0.25) is 0 Å². The van der Waals surface area contributed by atoms with Crippen molar-refractivity contribution in [1.29, 1.82) is 0 Å². The van der Waals surface area contributed by atoms with Crippen molar-refractivity contribution in [3.63, 3.8) is 0 Å². The molecule has 0 aromatic carbocycles. The van der Waals surface area contributed by atoms with Crippen molar-refractivity contribution in [3.05, 3.63) is 24.8 Å². The third-order valence-corrected chi connectivity index (χ3v) is 7.03. The summed E-state index contributed by atoms with van der Waals surface area (Å²) in [4.78, 5) is 0. The molecule has 2 fully saturated rings. The fourth-order valence-electron chi connectivity index (χ4n) is 5.13. The highest BCUT2D eigenvalue weighted by molar-refractivity contribution is 4.89. The van der Waals surface area contributed by atoms with Crippen molar-refractivity contribution in [2.45, 2.75) is 110 Å². The average molecular weight is 345 g/mol. The summed E-state index contributed by atoms with van der Waals surface area (Å²) in [5, 5.41) is 0. The second kappa shape index (κ2) is 12.8. The maximum atomic E-state index is 3.86. The van der Waals surface area contributed by atoms with Crippen LogP contribution in [0.15, 0.2) is 24.8 Å². The maximum Gasteiger partial charge on any atom is -0.0322 e. The topological polar surface area (TPSA) is 0 Å². The van der Waals surface area contributed by atoms with Crippen molar-refractivity contribution < 1.29 is 0 Å². The molecule has 2 aliphatic carbocycles. The Morgan fingerprint density at radius 1 is 0.680 bits per heavy atom. The summed E-state index contributed by atoms with van der Waals surface area (Å²) in [6.45, 7) is 6.18. The molecule has 0 spiro atoms. The Balaban J connectivity index is 1.50. The Morgan fingerprint density at radius 2 is 1.16 bits per heavy atom. The molecule has 2 rings (SSSR count). The Bertz CT molecular complexity index is 350. The van der Waals surface area contributed by atoms with Crippen LogP contribution in [-0.4, -0.2) is 0 Å². The molecule has 2 saturated carbocycles. The first kappa shape index (κ1) is 20.8. The molecule has 0 aromatic rings. The van der Waals surface area contributed by atoms with Gasteiger partial charge in [-0.25, -0.2) is 0 Å². The third kappa shape index (κ3) is 8.61. The van der Waals surface area contributed by atoms with Crippen molar-refractivity contribution in [1.82, 2.24) is 0 Å². The van der Waals surface area contributed by atoms with Gasteiger partial charge in [-0.2, -0.15) is 0 Å². The van der Waals surface area contributed by atoms with Gasteiger partial charge in [-0.05, 0) is 75.0 Å². The van der Waals surface area contributed by atoms with Crippen molar-refractivity contribution in [3.8, 4) is 0 Å². The summed E-state index contributed by atoms with van der Waals surface area (Å²) in [5.41, 5.74) is 0. The fourth-order valence-corrected chi connectivity index (χ4v) is 5.13. The minimum Gasteiger partial charge on any atom is -0.103 e. The lowest BCUT2D eigenvalue weighted by Crippen LogP contribution is -2.14. The molecule has 0 bridgehead atoms. The van der Waals surface area contributed by atoms with Crippen LogP contribution in [0.25, 0.3) is 0 Å². The van der Waals surface area contributed by atoms with Gasteiger partial charge in [0.2, 0.25) is 0 Å². The largest absolute Gasteiger partial charge is 0.103 e. The maximum absolute atomic E-state index is 3.86. The van der Waals surface area contributed by atoms with Crippen molar-refractivity contribution >= 4 is 0 Å². The van der Waals surface area contributed by atoms with Gasteiger partial charge in [-0.3, -0.25) is 0 Å². The van der Waals surface area contributed by atoms with Crippen LogP contribution >= 0.6 is 0 Å². The predicted octanol–water partition coefficient (Wildman–Crippen LogP) is 8.48. The molecule has 144 valence electrons. The molecule has 0 aliphatic heterocycles. The van der Waals surface area contributed by atoms with E-state index < -0.39 is 0 Å². The molecule has 0 atom stereocenters. The Hall–Kier alpha value is -0.520. The molecular formula is C25H44. The van der Waals surface area contributed by atoms with Gasteiger partial charge in [-0.1, -0.05) is 76.5 Å². The smallest absolute Gasteiger partial charge is 0.0322 e.